The molecule has 0 aliphatic carbocycles. The third-order valence-corrected chi connectivity index (χ3v) is 8.25. The molecule has 36 heavy (non-hydrogen) atoms. The number of nitrogens with zero attached hydrogens (tertiary/aromatic N) is 1. The number of anilines is 1. The van der Waals surface area contributed by atoms with Gasteiger partial charge in [0.05, 0.1) is 20.7 Å². The molecule has 1 amide bonds. The van der Waals surface area contributed by atoms with Crippen molar-refractivity contribution in [3.05, 3.63) is 73.8 Å². The summed E-state index contributed by atoms with van der Waals surface area (Å²) < 4.78 is 0.653. The zero-order valence-electron chi connectivity index (χ0n) is 22.6. The molecule has 0 saturated carbocycles. The molecule has 0 saturated heterocycles. The standard InChI is InChI=1S/C26H33ClN3OPS.C3H8/c1-6-8-21-22(12-11-16(2)3)32-24(15-28-21)29-18(5)19-9-7-10-20(14-19)30-26(31)23-13-17(4)25(27)33-23;1-3-2/h7-10,12-16,18,24,29,32H,6,11H2,1-5H3,(H,30,31);3H2,1-2H3/b21-8+,22-12-;. The van der Waals surface area contributed by atoms with Crippen LogP contribution in [-0.4, -0.2) is 17.9 Å². The third-order valence-electron chi connectivity index (χ3n) is 5.30. The number of benzene rings is 1. The van der Waals surface area contributed by atoms with Gasteiger partial charge in [-0.1, -0.05) is 85.5 Å². The Morgan fingerprint density at radius 2 is 1.92 bits per heavy atom. The van der Waals surface area contributed by atoms with Gasteiger partial charge in [-0.25, -0.2) is 0 Å². The lowest BCUT2D eigenvalue weighted by Gasteiger charge is -2.26. The highest BCUT2D eigenvalue weighted by Crippen LogP contribution is 2.39. The Kier molecular flexibility index (Phi) is 13.1. The van der Waals surface area contributed by atoms with E-state index in [1.54, 1.807) is 0 Å². The highest BCUT2D eigenvalue weighted by Gasteiger charge is 2.20. The van der Waals surface area contributed by atoms with E-state index < -0.39 is 0 Å². The number of hydrogen-bond acceptors (Lipinski definition) is 4. The SMILES string of the molecule is CC/C=C1/N=CC(NC(C)c2cccc(NC(=O)c3cc(C)c(Cl)s3)c2)P/C1=C\CC(C)C.CCC. The van der Waals surface area contributed by atoms with Gasteiger partial charge in [0.15, 0.2) is 0 Å². The Morgan fingerprint density at radius 1 is 1.19 bits per heavy atom. The Balaban J connectivity index is 0.00000145. The molecule has 0 fully saturated rings. The van der Waals surface area contributed by atoms with Gasteiger partial charge in [0.1, 0.15) is 0 Å². The van der Waals surface area contributed by atoms with Gasteiger partial charge in [-0.2, -0.15) is 0 Å². The smallest absolute Gasteiger partial charge is 0.265 e. The maximum Gasteiger partial charge on any atom is 0.265 e. The quantitative estimate of drug-likeness (QED) is 0.325. The van der Waals surface area contributed by atoms with E-state index >= 15 is 0 Å². The van der Waals surface area contributed by atoms with Gasteiger partial charge in [-0.3, -0.25) is 15.1 Å². The summed E-state index contributed by atoms with van der Waals surface area (Å²) in [4.78, 5) is 18.0. The van der Waals surface area contributed by atoms with Crippen molar-refractivity contribution in [1.29, 1.82) is 0 Å². The molecule has 1 aliphatic heterocycles. The first-order valence-corrected chi connectivity index (χ1v) is 15.1. The number of carbonyl (C=O) groups is 1. The van der Waals surface area contributed by atoms with E-state index in [0.717, 1.165) is 35.4 Å². The van der Waals surface area contributed by atoms with Gasteiger partial charge in [0.2, 0.25) is 0 Å². The van der Waals surface area contributed by atoms with Crippen LogP contribution in [0.1, 0.15) is 87.6 Å². The first-order chi connectivity index (χ1) is 17.2. The molecule has 3 unspecified atom stereocenters. The summed E-state index contributed by atoms with van der Waals surface area (Å²) in [5.74, 6) is 0.694. The number of allylic oxidation sites excluding steroid dienone is 3. The van der Waals surface area contributed by atoms with Crippen LogP contribution in [0.3, 0.4) is 0 Å². The molecule has 4 nitrogen and oxygen atoms in total. The van der Waals surface area contributed by atoms with E-state index in [0.29, 0.717) is 23.7 Å². The van der Waals surface area contributed by atoms with Crippen LogP contribution >= 0.6 is 31.5 Å². The Labute approximate surface area is 228 Å². The molecule has 2 aromatic rings. The lowest BCUT2D eigenvalue weighted by atomic mass is 10.1. The predicted molar refractivity (Wildman–Crippen MR) is 162 cm³/mol. The van der Waals surface area contributed by atoms with E-state index in [9.17, 15) is 4.79 Å². The number of thiophene rings is 1. The van der Waals surface area contributed by atoms with E-state index in [1.807, 2.05) is 37.4 Å². The molecule has 3 atom stereocenters. The summed E-state index contributed by atoms with van der Waals surface area (Å²) in [6.07, 6.45) is 9.91. The molecular weight excluding hydrogens is 505 g/mol. The maximum absolute atomic E-state index is 12.6. The maximum atomic E-state index is 12.6. The molecule has 1 aromatic carbocycles. The first-order valence-electron chi connectivity index (χ1n) is 12.8. The minimum atomic E-state index is -0.135. The number of aryl methyl sites for hydroxylation is 1. The number of carbonyl (C=O) groups excluding carboxylic acids is 1. The van der Waals surface area contributed by atoms with Gasteiger partial charge in [0, 0.05) is 17.9 Å². The molecule has 0 bridgehead atoms. The fourth-order valence-electron chi connectivity index (χ4n) is 3.48. The molecule has 7 heteroatoms. The van der Waals surface area contributed by atoms with Crippen molar-refractivity contribution in [2.75, 3.05) is 5.32 Å². The van der Waals surface area contributed by atoms with E-state index in [1.165, 1.54) is 23.1 Å². The second kappa shape index (κ2) is 15.5. The van der Waals surface area contributed by atoms with Gasteiger partial charge in [-0.05, 0) is 67.2 Å². The van der Waals surface area contributed by atoms with E-state index in [-0.39, 0.29) is 17.7 Å². The molecule has 1 aliphatic rings. The summed E-state index contributed by atoms with van der Waals surface area (Å²) in [6, 6.07) is 9.94. The molecule has 2 heterocycles. The van der Waals surface area contributed by atoms with Crippen LogP contribution in [0.25, 0.3) is 0 Å². The van der Waals surface area contributed by atoms with Gasteiger partial charge < -0.3 is 5.32 Å². The molecule has 0 radical (unpaired) electrons. The van der Waals surface area contributed by atoms with Crippen LogP contribution in [0, 0.1) is 12.8 Å². The van der Waals surface area contributed by atoms with Crippen molar-refractivity contribution in [3.8, 4) is 0 Å². The minimum absolute atomic E-state index is 0.118. The number of rotatable bonds is 8. The lowest BCUT2D eigenvalue weighted by molar-refractivity contribution is 0.103. The lowest BCUT2D eigenvalue weighted by Crippen LogP contribution is -2.30. The second-order valence-electron chi connectivity index (χ2n) is 9.39. The van der Waals surface area contributed by atoms with Gasteiger partial charge in [-0.15, -0.1) is 11.3 Å². The fourth-order valence-corrected chi connectivity index (χ4v) is 5.94. The molecule has 0 spiro atoms. The van der Waals surface area contributed by atoms with Crippen LogP contribution in [0.5, 0.6) is 0 Å². The summed E-state index contributed by atoms with van der Waals surface area (Å²) >= 11 is 7.42. The Hall–Kier alpha value is -1.78. The van der Waals surface area contributed by atoms with Gasteiger partial charge in [0.25, 0.3) is 5.91 Å². The largest absolute Gasteiger partial charge is 0.321 e. The van der Waals surface area contributed by atoms with E-state index in [2.05, 4.69) is 70.4 Å². The molecule has 2 N–H and O–H groups in total. The number of nitrogens with one attached hydrogen (secondary N) is 2. The third kappa shape index (κ3) is 9.59. The first kappa shape index (κ1) is 30.4. The van der Waals surface area contributed by atoms with Crippen LogP contribution in [-0.2, 0) is 0 Å². The Morgan fingerprint density at radius 3 is 2.53 bits per heavy atom. The number of hydrogen-bond donors (Lipinski definition) is 2. The van der Waals surface area contributed by atoms with E-state index in [4.69, 9.17) is 16.6 Å². The summed E-state index contributed by atoms with van der Waals surface area (Å²) in [5.41, 5.74) is 3.94. The topological polar surface area (TPSA) is 53.5 Å². The van der Waals surface area contributed by atoms with Crippen LogP contribution in [0.2, 0.25) is 4.34 Å². The number of halogens is 1. The average Bonchev–Trinajstić information content (AvgIpc) is 3.18. The Bertz CT molecular complexity index is 1070. The van der Waals surface area contributed by atoms with Crippen molar-refractivity contribution >= 4 is 49.3 Å². The summed E-state index contributed by atoms with van der Waals surface area (Å²) in [5, 5.41) is 8.05. The summed E-state index contributed by atoms with van der Waals surface area (Å²) in [6.45, 7) is 14.9. The zero-order valence-corrected chi connectivity index (χ0v) is 25.2. The predicted octanol–water partition coefficient (Wildman–Crippen LogP) is 9.34. The highest BCUT2D eigenvalue weighted by atomic mass is 35.5. The van der Waals surface area contributed by atoms with Crippen molar-refractivity contribution in [2.45, 2.75) is 79.6 Å². The highest BCUT2D eigenvalue weighted by molar-refractivity contribution is 7.45. The zero-order chi connectivity index (χ0) is 26.7. The van der Waals surface area contributed by atoms with Crippen LogP contribution in [0.15, 0.2) is 58.5 Å². The van der Waals surface area contributed by atoms with Crippen LogP contribution in [0.4, 0.5) is 5.69 Å². The molecule has 3 rings (SSSR count). The molecule has 196 valence electrons. The molecular formula is C29H41ClN3OPS. The second-order valence-corrected chi connectivity index (χ2v) is 12.5. The fraction of sp³-hybridized carbons (Fsp3) is 0.448. The van der Waals surface area contributed by atoms with Crippen molar-refractivity contribution in [1.82, 2.24) is 5.32 Å². The minimum Gasteiger partial charge on any atom is -0.321 e. The van der Waals surface area contributed by atoms with Crippen LogP contribution < -0.4 is 10.6 Å². The van der Waals surface area contributed by atoms with Gasteiger partial charge >= 0.3 is 0 Å². The van der Waals surface area contributed by atoms with Crippen molar-refractivity contribution in [3.63, 3.8) is 0 Å². The number of amides is 1. The average molecular weight is 546 g/mol. The number of aliphatic imine (C=N–C) groups is 1. The van der Waals surface area contributed by atoms with Crippen molar-refractivity contribution in [2.24, 2.45) is 10.9 Å². The van der Waals surface area contributed by atoms with Crippen molar-refractivity contribution < 1.29 is 4.79 Å². The molecule has 1 aromatic heterocycles. The summed E-state index contributed by atoms with van der Waals surface area (Å²) in [7, 11) is 0.639. The normalized spacial score (nSPS) is 19.0. The monoisotopic (exact) mass is 545 g/mol.